The number of carbonyl (C=O) groups is 1. The number of hydrogen-bond donors (Lipinski definition) is 1. The molecule has 0 aliphatic carbocycles. The second kappa shape index (κ2) is 9.62. The topological polar surface area (TPSA) is 112 Å². The fourth-order valence-corrected chi connectivity index (χ4v) is 3.55. The molecule has 1 amide bonds. The largest absolute Gasteiger partial charge is 0.486 e. The maximum Gasteiger partial charge on any atom is 0.291 e. The van der Waals surface area contributed by atoms with Crippen LogP contribution in [0.1, 0.15) is 38.8 Å². The van der Waals surface area contributed by atoms with Gasteiger partial charge >= 0.3 is 0 Å². The molecule has 4 aromatic rings. The molecule has 0 radical (unpaired) electrons. The second-order valence-electron chi connectivity index (χ2n) is 7.89. The monoisotopic (exact) mass is 460 g/mol. The lowest BCUT2D eigenvalue weighted by atomic mass is 10.1. The zero-order valence-corrected chi connectivity index (χ0v) is 19.1. The van der Waals surface area contributed by atoms with Gasteiger partial charge in [-0.25, -0.2) is 0 Å². The molecule has 0 saturated carbocycles. The molecule has 2 aromatic heterocycles. The van der Waals surface area contributed by atoms with Gasteiger partial charge in [-0.3, -0.25) is 19.6 Å². The minimum Gasteiger partial charge on any atom is -0.486 e. The van der Waals surface area contributed by atoms with Crippen molar-refractivity contribution in [1.29, 1.82) is 0 Å². The standard InChI is InChI=1S/C25H24N4O5/c1-16-6-4-5-7-19(16)14-28-18(3)24(17(2)27-28)26-25(30)23-13-12-22(34-23)15-33-21-10-8-20(9-11-21)29(31)32/h4-13H,14-15H2,1-3H3,(H,26,30). The number of aryl methyl sites for hydroxylation is 2. The molecule has 0 unspecified atom stereocenters. The van der Waals surface area contributed by atoms with E-state index < -0.39 is 4.92 Å². The molecule has 34 heavy (non-hydrogen) atoms. The van der Waals surface area contributed by atoms with E-state index in [0.717, 1.165) is 11.3 Å². The predicted molar refractivity (Wildman–Crippen MR) is 126 cm³/mol. The van der Waals surface area contributed by atoms with Gasteiger partial charge in [0.1, 0.15) is 18.1 Å². The summed E-state index contributed by atoms with van der Waals surface area (Å²) in [6.45, 7) is 6.52. The Labute approximate surface area is 196 Å². The fourth-order valence-electron chi connectivity index (χ4n) is 3.55. The number of amides is 1. The van der Waals surface area contributed by atoms with E-state index in [4.69, 9.17) is 9.15 Å². The summed E-state index contributed by atoms with van der Waals surface area (Å²) in [7, 11) is 0. The Kier molecular flexibility index (Phi) is 6.44. The molecule has 2 heterocycles. The van der Waals surface area contributed by atoms with E-state index in [9.17, 15) is 14.9 Å². The summed E-state index contributed by atoms with van der Waals surface area (Å²) in [5.74, 6) is 0.670. The molecule has 174 valence electrons. The van der Waals surface area contributed by atoms with Crippen molar-refractivity contribution in [1.82, 2.24) is 9.78 Å². The van der Waals surface area contributed by atoms with E-state index in [0.29, 0.717) is 29.4 Å². The Morgan fingerprint density at radius 1 is 1.09 bits per heavy atom. The van der Waals surface area contributed by atoms with Crippen molar-refractivity contribution in [2.24, 2.45) is 0 Å². The van der Waals surface area contributed by atoms with Crippen LogP contribution in [0, 0.1) is 30.9 Å². The number of nitro benzene ring substituents is 1. The molecule has 2 aromatic carbocycles. The SMILES string of the molecule is Cc1ccccc1Cn1nc(C)c(NC(=O)c2ccc(COc3ccc([N+](=O)[O-])cc3)o2)c1C. The third-order valence-electron chi connectivity index (χ3n) is 5.52. The first kappa shape index (κ1) is 22.8. The van der Waals surface area contributed by atoms with Gasteiger partial charge in [0.25, 0.3) is 11.6 Å². The predicted octanol–water partition coefficient (Wildman–Crippen LogP) is 5.19. The Bertz CT molecular complexity index is 1340. The summed E-state index contributed by atoms with van der Waals surface area (Å²) in [5.41, 5.74) is 4.54. The Hall–Kier alpha value is -4.40. The summed E-state index contributed by atoms with van der Waals surface area (Å²) in [5, 5.41) is 18.2. The highest BCUT2D eigenvalue weighted by molar-refractivity contribution is 6.02. The first-order chi connectivity index (χ1) is 16.3. The number of carbonyl (C=O) groups excluding carboxylic acids is 1. The Morgan fingerprint density at radius 2 is 1.82 bits per heavy atom. The number of rotatable bonds is 8. The normalized spacial score (nSPS) is 10.8. The Balaban J connectivity index is 1.40. The lowest BCUT2D eigenvalue weighted by Crippen LogP contribution is -2.12. The van der Waals surface area contributed by atoms with Crippen molar-refractivity contribution >= 4 is 17.3 Å². The van der Waals surface area contributed by atoms with Crippen LogP contribution >= 0.6 is 0 Å². The summed E-state index contributed by atoms with van der Waals surface area (Å²) >= 11 is 0. The number of nitrogens with one attached hydrogen (secondary N) is 1. The summed E-state index contributed by atoms with van der Waals surface area (Å²) in [6, 6.07) is 17.1. The molecule has 0 fully saturated rings. The lowest BCUT2D eigenvalue weighted by Gasteiger charge is -2.08. The van der Waals surface area contributed by atoms with E-state index in [-0.39, 0.29) is 24.0 Å². The van der Waals surface area contributed by atoms with E-state index in [1.54, 1.807) is 12.1 Å². The first-order valence-corrected chi connectivity index (χ1v) is 10.7. The highest BCUT2D eigenvalue weighted by Crippen LogP contribution is 2.23. The van der Waals surface area contributed by atoms with Gasteiger partial charge < -0.3 is 14.5 Å². The van der Waals surface area contributed by atoms with Gasteiger partial charge in [-0.05, 0) is 56.2 Å². The number of nitro groups is 1. The molecular weight excluding hydrogens is 436 g/mol. The molecule has 0 bridgehead atoms. The Morgan fingerprint density at radius 3 is 2.53 bits per heavy atom. The average molecular weight is 460 g/mol. The summed E-state index contributed by atoms with van der Waals surface area (Å²) in [4.78, 5) is 23.0. The van der Waals surface area contributed by atoms with Crippen LogP contribution in [-0.4, -0.2) is 20.6 Å². The number of hydrogen-bond acceptors (Lipinski definition) is 6. The van der Waals surface area contributed by atoms with Gasteiger partial charge in [0.05, 0.1) is 28.5 Å². The smallest absolute Gasteiger partial charge is 0.291 e. The molecule has 1 N–H and O–H groups in total. The van der Waals surface area contributed by atoms with Crippen LogP contribution in [0.4, 0.5) is 11.4 Å². The first-order valence-electron chi connectivity index (χ1n) is 10.7. The number of benzene rings is 2. The number of ether oxygens (including phenoxy) is 1. The molecule has 0 aliphatic heterocycles. The molecule has 9 nitrogen and oxygen atoms in total. The van der Waals surface area contributed by atoms with Gasteiger partial charge in [0.2, 0.25) is 0 Å². The molecule has 0 saturated heterocycles. The van der Waals surface area contributed by atoms with Crippen LogP contribution in [0.15, 0.2) is 65.1 Å². The second-order valence-corrected chi connectivity index (χ2v) is 7.89. The number of anilines is 1. The number of furan rings is 1. The molecule has 9 heteroatoms. The van der Waals surface area contributed by atoms with E-state index >= 15 is 0 Å². The van der Waals surface area contributed by atoms with Crippen molar-refractivity contribution in [3.63, 3.8) is 0 Å². The van der Waals surface area contributed by atoms with Gasteiger partial charge in [-0.1, -0.05) is 24.3 Å². The average Bonchev–Trinajstić information content (AvgIpc) is 3.40. The fraction of sp³-hybridized carbons (Fsp3) is 0.200. The van der Waals surface area contributed by atoms with Crippen molar-refractivity contribution < 1.29 is 18.9 Å². The molecule has 0 aliphatic rings. The third-order valence-corrected chi connectivity index (χ3v) is 5.52. The molecule has 0 atom stereocenters. The number of nitrogens with zero attached hydrogens (tertiary/aromatic N) is 3. The lowest BCUT2D eigenvalue weighted by molar-refractivity contribution is -0.384. The van der Waals surface area contributed by atoms with E-state index in [2.05, 4.69) is 29.5 Å². The highest BCUT2D eigenvalue weighted by atomic mass is 16.6. The van der Waals surface area contributed by atoms with Gasteiger partial charge in [-0.15, -0.1) is 0 Å². The number of aromatic nitrogens is 2. The van der Waals surface area contributed by atoms with Crippen LogP contribution in [0.2, 0.25) is 0 Å². The minimum atomic E-state index is -0.475. The maximum absolute atomic E-state index is 12.8. The molecule has 4 rings (SSSR count). The van der Waals surface area contributed by atoms with Crippen molar-refractivity contribution in [2.75, 3.05) is 5.32 Å². The van der Waals surface area contributed by atoms with Gasteiger partial charge in [0.15, 0.2) is 5.76 Å². The number of non-ortho nitro benzene ring substituents is 1. The van der Waals surface area contributed by atoms with Crippen LogP contribution in [0.3, 0.4) is 0 Å². The van der Waals surface area contributed by atoms with E-state index in [1.165, 1.54) is 29.8 Å². The van der Waals surface area contributed by atoms with Crippen LogP contribution in [-0.2, 0) is 13.2 Å². The maximum atomic E-state index is 12.8. The van der Waals surface area contributed by atoms with Crippen molar-refractivity contribution in [3.05, 3.63) is 105 Å². The van der Waals surface area contributed by atoms with Crippen molar-refractivity contribution in [3.8, 4) is 5.75 Å². The van der Waals surface area contributed by atoms with Gasteiger partial charge in [-0.2, -0.15) is 5.10 Å². The van der Waals surface area contributed by atoms with Crippen LogP contribution < -0.4 is 10.1 Å². The molecule has 0 spiro atoms. The van der Waals surface area contributed by atoms with E-state index in [1.807, 2.05) is 30.7 Å². The van der Waals surface area contributed by atoms with Crippen LogP contribution in [0.5, 0.6) is 5.75 Å². The summed E-state index contributed by atoms with van der Waals surface area (Å²) < 4.78 is 13.1. The zero-order chi connectivity index (χ0) is 24.2. The zero-order valence-electron chi connectivity index (χ0n) is 19.1. The third kappa shape index (κ3) is 4.98. The van der Waals surface area contributed by atoms with Crippen molar-refractivity contribution in [2.45, 2.75) is 33.9 Å². The minimum absolute atomic E-state index is 0.0166. The molecular formula is C25H24N4O5. The van der Waals surface area contributed by atoms with Crippen LogP contribution in [0.25, 0.3) is 0 Å². The highest BCUT2D eigenvalue weighted by Gasteiger charge is 2.18. The van der Waals surface area contributed by atoms with Gasteiger partial charge in [0, 0.05) is 12.1 Å². The quantitative estimate of drug-likeness (QED) is 0.286. The summed E-state index contributed by atoms with van der Waals surface area (Å²) in [6.07, 6.45) is 0.